The van der Waals surface area contributed by atoms with Crippen molar-refractivity contribution in [3.05, 3.63) is 30.1 Å². The van der Waals surface area contributed by atoms with Crippen LogP contribution in [-0.4, -0.2) is 24.0 Å². The van der Waals surface area contributed by atoms with Gasteiger partial charge >= 0.3 is 0 Å². The first kappa shape index (κ1) is 10.7. The van der Waals surface area contributed by atoms with Crippen LogP contribution in [0.5, 0.6) is 0 Å². The number of nitrogens with one attached hydrogen (secondary N) is 2. The van der Waals surface area contributed by atoms with E-state index < -0.39 is 0 Å². The van der Waals surface area contributed by atoms with Crippen LogP contribution in [0.1, 0.15) is 18.4 Å². The molecular formula is C13H17N3O. The Kier molecular flexibility index (Phi) is 2.59. The van der Waals surface area contributed by atoms with Gasteiger partial charge < -0.3 is 10.6 Å². The van der Waals surface area contributed by atoms with Crippen molar-refractivity contribution in [2.24, 2.45) is 11.3 Å². The van der Waals surface area contributed by atoms with Crippen LogP contribution in [0.25, 0.3) is 0 Å². The number of carbonyl (C=O) groups excluding carboxylic acids is 1. The Morgan fingerprint density at radius 3 is 3.29 bits per heavy atom. The van der Waals surface area contributed by atoms with Crippen molar-refractivity contribution in [3.8, 4) is 0 Å². The zero-order chi connectivity index (χ0) is 11.7. The third-order valence-electron chi connectivity index (χ3n) is 3.97. The summed E-state index contributed by atoms with van der Waals surface area (Å²) in [5.74, 6) is 0.437. The van der Waals surface area contributed by atoms with Gasteiger partial charge in [0.1, 0.15) is 0 Å². The Hall–Kier alpha value is -1.42. The molecular weight excluding hydrogens is 214 g/mol. The molecule has 1 aliphatic heterocycles. The summed E-state index contributed by atoms with van der Waals surface area (Å²) < 4.78 is 0. The van der Waals surface area contributed by atoms with Crippen LogP contribution in [0.2, 0.25) is 0 Å². The van der Waals surface area contributed by atoms with Crippen molar-refractivity contribution >= 4 is 5.91 Å². The van der Waals surface area contributed by atoms with Gasteiger partial charge in [-0.05, 0) is 36.4 Å². The third kappa shape index (κ3) is 2.05. The lowest BCUT2D eigenvalue weighted by atomic mass is 10.0. The molecule has 0 aromatic carbocycles. The minimum Gasteiger partial charge on any atom is -0.352 e. The molecule has 1 aromatic rings. The third-order valence-corrected chi connectivity index (χ3v) is 3.97. The topological polar surface area (TPSA) is 54.0 Å². The average molecular weight is 231 g/mol. The van der Waals surface area contributed by atoms with Crippen molar-refractivity contribution in [3.63, 3.8) is 0 Å². The molecule has 0 radical (unpaired) electrons. The minimum atomic E-state index is 0.206. The van der Waals surface area contributed by atoms with Gasteiger partial charge in [-0.15, -0.1) is 0 Å². The molecule has 4 heteroatoms. The van der Waals surface area contributed by atoms with Gasteiger partial charge in [-0.2, -0.15) is 0 Å². The van der Waals surface area contributed by atoms with Gasteiger partial charge in [-0.3, -0.25) is 9.78 Å². The second-order valence-electron chi connectivity index (χ2n) is 5.12. The van der Waals surface area contributed by atoms with Gasteiger partial charge in [0.15, 0.2) is 0 Å². The van der Waals surface area contributed by atoms with Crippen LogP contribution in [-0.2, 0) is 11.3 Å². The Morgan fingerprint density at radius 1 is 1.65 bits per heavy atom. The first-order valence-electron chi connectivity index (χ1n) is 6.18. The first-order chi connectivity index (χ1) is 8.30. The molecule has 2 fully saturated rings. The number of carbonyl (C=O) groups is 1. The van der Waals surface area contributed by atoms with E-state index in [4.69, 9.17) is 0 Å². The molecule has 1 amide bonds. The van der Waals surface area contributed by atoms with Gasteiger partial charge in [-0.25, -0.2) is 0 Å². The highest BCUT2D eigenvalue weighted by atomic mass is 16.2. The summed E-state index contributed by atoms with van der Waals surface area (Å²) in [6.07, 6.45) is 5.74. The fourth-order valence-electron chi connectivity index (χ4n) is 2.77. The van der Waals surface area contributed by atoms with Crippen LogP contribution < -0.4 is 10.6 Å². The molecule has 3 rings (SSSR count). The molecule has 1 spiro atoms. The normalized spacial score (nSPS) is 30.5. The molecule has 0 unspecified atom stereocenters. The van der Waals surface area contributed by atoms with Gasteiger partial charge in [0.05, 0.1) is 0 Å². The summed E-state index contributed by atoms with van der Waals surface area (Å²) in [4.78, 5) is 16.0. The van der Waals surface area contributed by atoms with E-state index in [2.05, 4.69) is 15.6 Å². The van der Waals surface area contributed by atoms with E-state index in [1.54, 1.807) is 12.4 Å². The summed E-state index contributed by atoms with van der Waals surface area (Å²) in [5, 5.41) is 6.35. The Morgan fingerprint density at radius 2 is 2.59 bits per heavy atom. The number of nitrogens with zero attached hydrogens (tertiary/aromatic N) is 1. The summed E-state index contributed by atoms with van der Waals surface area (Å²) in [7, 11) is 0. The van der Waals surface area contributed by atoms with Gasteiger partial charge in [0.25, 0.3) is 0 Å². The Bertz CT molecular complexity index is 412. The highest BCUT2D eigenvalue weighted by Crippen LogP contribution is 2.56. The first-order valence-corrected chi connectivity index (χ1v) is 6.18. The quantitative estimate of drug-likeness (QED) is 0.805. The van der Waals surface area contributed by atoms with Gasteiger partial charge in [-0.1, -0.05) is 6.07 Å². The molecule has 90 valence electrons. The maximum Gasteiger partial charge on any atom is 0.224 e. The number of pyridine rings is 1. The Balaban J connectivity index is 1.52. The highest BCUT2D eigenvalue weighted by molar-refractivity contribution is 5.82. The zero-order valence-electron chi connectivity index (χ0n) is 9.78. The lowest BCUT2D eigenvalue weighted by molar-refractivity contribution is -0.123. The summed E-state index contributed by atoms with van der Waals surface area (Å²) in [6, 6.07) is 3.87. The molecule has 1 saturated carbocycles. The average Bonchev–Trinajstić information content (AvgIpc) is 2.86. The largest absolute Gasteiger partial charge is 0.352 e. The van der Waals surface area contributed by atoms with Crippen molar-refractivity contribution in [2.75, 3.05) is 13.1 Å². The molecule has 4 nitrogen and oxygen atoms in total. The predicted octanol–water partition coefficient (Wildman–Crippen LogP) is 0.697. The van der Waals surface area contributed by atoms with Crippen molar-refractivity contribution < 1.29 is 4.79 Å². The number of aromatic nitrogens is 1. The molecule has 2 heterocycles. The monoisotopic (exact) mass is 231 g/mol. The molecule has 17 heavy (non-hydrogen) atoms. The fourth-order valence-corrected chi connectivity index (χ4v) is 2.77. The highest BCUT2D eigenvalue weighted by Gasteiger charge is 2.58. The van der Waals surface area contributed by atoms with Crippen molar-refractivity contribution in [1.82, 2.24) is 15.6 Å². The zero-order valence-corrected chi connectivity index (χ0v) is 9.78. The number of hydrogen-bond donors (Lipinski definition) is 2. The smallest absolute Gasteiger partial charge is 0.224 e. The summed E-state index contributed by atoms with van der Waals surface area (Å²) >= 11 is 0. The van der Waals surface area contributed by atoms with E-state index in [1.807, 2.05) is 12.1 Å². The van der Waals surface area contributed by atoms with E-state index in [0.717, 1.165) is 31.5 Å². The SMILES string of the molecule is O=C(NCc1cccnc1)[C@H]1C[C@]12CCNC2. The number of rotatable bonds is 3. The van der Waals surface area contributed by atoms with Crippen LogP contribution in [0, 0.1) is 11.3 Å². The minimum absolute atomic E-state index is 0.206. The van der Waals surface area contributed by atoms with Crippen molar-refractivity contribution in [1.29, 1.82) is 0 Å². The van der Waals surface area contributed by atoms with Crippen LogP contribution in [0.3, 0.4) is 0 Å². The molecule has 2 aliphatic rings. The van der Waals surface area contributed by atoms with Crippen LogP contribution >= 0.6 is 0 Å². The van der Waals surface area contributed by atoms with Gasteiger partial charge in [0.2, 0.25) is 5.91 Å². The van der Waals surface area contributed by atoms with E-state index >= 15 is 0 Å². The predicted molar refractivity (Wildman–Crippen MR) is 64.1 cm³/mol. The summed E-state index contributed by atoms with van der Waals surface area (Å²) in [6.45, 7) is 2.66. The molecule has 1 aromatic heterocycles. The lowest BCUT2D eigenvalue weighted by Crippen LogP contribution is -2.27. The van der Waals surface area contributed by atoms with E-state index in [-0.39, 0.29) is 11.8 Å². The second-order valence-corrected chi connectivity index (χ2v) is 5.12. The standard InChI is InChI=1S/C13H17N3O/c17-12(11-6-13(11)3-5-15-9-13)16-8-10-2-1-4-14-7-10/h1-2,4,7,11,15H,3,5-6,8-9H2,(H,16,17)/t11-,13+/m1/s1. The van der Waals surface area contributed by atoms with Gasteiger partial charge in [0, 0.05) is 31.4 Å². The summed E-state index contributed by atoms with van der Waals surface area (Å²) in [5.41, 5.74) is 1.35. The molecule has 0 bridgehead atoms. The second kappa shape index (κ2) is 4.11. The van der Waals surface area contributed by atoms with E-state index in [1.165, 1.54) is 0 Å². The maximum absolute atomic E-state index is 12.0. The lowest BCUT2D eigenvalue weighted by Gasteiger charge is -2.08. The van der Waals surface area contributed by atoms with Crippen LogP contribution in [0.15, 0.2) is 24.5 Å². The molecule has 2 atom stereocenters. The maximum atomic E-state index is 12.0. The van der Waals surface area contributed by atoms with Crippen molar-refractivity contribution in [2.45, 2.75) is 19.4 Å². The molecule has 1 aliphatic carbocycles. The fraction of sp³-hybridized carbons (Fsp3) is 0.538. The van der Waals surface area contributed by atoms with E-state index in [0.29, 0.717) is 12.0 Å². The molecule has 1 saturated heterocycles. The van der Waals surface area contributed by atoms with Crippen LogP contribution in [0.4, 0.5) is 0 Å². The molecule has 2 N–H and O–H groups in total. The van der Waals surface area contributed by atoms with E-state index in [9.17, 15) is 4.79 Å². The Labute approximate surface area is 101 Å². The number of hydrogen-bond acceptors (Lipinski definition) is 3. The number of amides is 1.